The molecular formula is C26H25N5. The van der Waals surface area contributed by atoms with Gasteiger partial charge in [0.25, 0.3) is 0 Å². The average Bonchev–Trinajstić information content (AvgIpc) is 3.36. The molecule has 0 amide bonds. The van der Waals surface area contributed by atoms with E-state index in [1.807, 2.05) is 7.05 Å². The summed E-state index contributed by atoms with van der Waals surface area (Å²) in [4.78, 5) is 9.47. The first-order valence-electron chi connectivity index (χ1n) is 10.6. The number of rotatable bonds is 4. The second kappa shape index (κ2) is 7.51. The van der Waals surface area contributed by atoms with Crippen LogP contribution in [0.25, 0.3) is 44.9 Å². The maximum Gasteiger partial charge on any atom is 0.181 e. The van der Waals surface area contributed by atoms with E-state index < -0.39 is 0 Å². The van der Waals surface area contributed by atoms with Crippen LogP contribution in [-0.4, -0.2) is 24.3 Å². The van der Waals surface area contributed by atoms with Crippen molar-refractivity contribution in [2.24, 2.45) is 7.05 Å². The number of nitrogens with zero attached hydrogens (tertiary/aromatic N) is 5. The molecule has 0 aliphatic heterocycles. The molecule has 3 aromatic carbocycles. The minimum Gasteiger partial charge on any atom is -0.324 e. The van der Waals surface area contributed by atoms with Gasteiger partial charge in [-0.1, -0.05) is 48.0 Å². The molecule has 0 radical (unpaired) electrons. The van der Waals surface area contributed by atoms with Gasteiger partial charge in [-0.2, -0.15) is 5.10 Å². The molecule has 0 unspecified atom stereocenters. The van der Waals surface area contributed by atoms with Crippen molar-refractivity contribution >= 4 is 11.0 Å². The van der Waals surface area contributed by atoms with Gasteiger partial charge in [0.15, 0.2) is 5.82 Å². The van der Waals surface area contributed by atoms with E-state index >= 15 is 0 Å². The summed E-state index contributed by atoms with van der Waals surface area (Å²) in [6.45, 7) is 7.31. The summed E-state index contributed by atoms with van der Waals surface area (Å²) < 4.78 is 4.00. The van der Waals surface area contributed by atoms with Crippen LogP contribution in [0.4, 0.5) is 0 Å². The zero-order valence-corrected chi connectivity index (χ0v) is 18.3. The maximum atomic E-state index is 5.08. The summed E-state index contributed by atoms with van der Waals surface area (Å²) in [5.41, 5.74) is 9.19. The predicted octanol–water partition coefficient (Wildman–Crippen LogP) is 5.80. The summed E-state index contributed by atoms with van der Waals surface area (Å²) in [6.07, 6.45) is 1.72. The molecule has 0 atom stereocenters. The fourth-order valence-electron chi connectivity index (χ4n) is 4.29. The van der Waals surface area contributed by atoms with Crippen LogP contribution in [0.5, 0.6) is 0 Å². The van der Waals surface area contributed by atoms with Crippen molar-refractivity contribution in [3.63, 3.8) is 0 Å². The highest BCUT2D eigenvalue weighted by Crippen LogP contribution is 2.36. The van der Waals surface area contributed by atoms with Gasteiger partial charge in [0.05, 0.1) is 11.0 Å². The van der Waals surface area contributed by atoms with Crippen LogP contribution in [-0.2, 0) is 13.6 Å². The zero-order valence-electron chi connectivity index (χ0n) is 18.3. The lowest BCUT2D eigenvalue weighted by atomic mass is 9.94. The number of aryl methyl sites for hydroxylation is 4. The van der Waals surface area contributed by atoms with E-state index in [1.165, 1.54) is 22.3 Å². The van der Waals surface area contributed by atoms with Crippen molar-refractivity contribution in [3.05, 3.63) is 78.1 Å². The molecule has 5 rings (SSSR count). The maximum absolute atomic E-state index is 5.08. The molecule has 0 aliphatic carbocycles. The molecule has 0 fully saturated rings. The summed E-state index contributed by atoms with van der Waals surface area (Å²) >= 11 is 0. The van der Waals surface area contributed by atoms with E-state index in [0.717, 1.165) is 34.5 Å². The SMILES string of the molecule is CCn1c(-c2ccccc2-c2ccc(C)cc2C)nc2cc(-c3ncn(C)n3)ccc21. The van der Waals surface area contributed by atoms with Gasteiger partial charge in [-0.3, -0.25) is 4.68 Å². The van der Waals surface area contributed by atoms with Crippen LogP contribution in [0.1, 0.15) is 18.1 Å². The molecule has 0 N–H and O–H groups in total. The monoisotopic (exact) mass is 407 g/mol. The molecule has 5 heteroatoms. The first-order valence-corrected chi connectivity index (χ1v) is 10.6. The molecule has 0 saturated heterocycles. The summed E-state index contributed by atoms with van der Waals surface area (Å²) in [7, 11) is 1.88. The van der Waals surface area contributed by atoms with Crippen LogP contribution >= 0.6 is 0 Å². The highest BCUT2D eigenvalue weighted by atomic mass is 15.3. The minimum atomic E-state index is 0.715. The molecule has 154 valence electrons. The zero-order chi connectivity index (χ0) is 21.5. The third-order valence-corrected chi connectivity index (χ3v) is 5.76. The average molecular weight is 408 g/mol. The van der Waals surface area contributed by atoms with Crippen molar-refractivity contribution < 1.29 is 0 Å². The van der Waals surface area contributed by atoms with Crippen molar-refractivity contribution in [2.45, 2.75) is 27.3 Å². The van der Waals surface area contributed by atoms with E-state index in [9.17, 15) is 0 Å². The van der Waals surface area contributed by atoms with Crippen molar-refractivity contribution in [2.75, 3.05) is 0 Å². The normalized spacial score (nSPS) is 11.4. The van der Waals surface area contributed by atoms with Crippen molar-refractivity contribution in [1.82, 2.24) is 24.3 Å². The van der Waals surface area contributed by atoms with Crippen LogP contribution in [0.15, 0.2) is 67.0 Å². The van der Waals surface area contributed by atoms with Gasteiger partial charge in [-0.15, -0.1) is 0 Å². The third-order valence-electron chi connectivity index (χ3n) is 5.76. The fraction of sp³-hybridized carbons (Fsp3) is 0.192. The van der Waals surface area contributed by atoms with Crippen LogP contribution in [0.2, 0.25) is 0 Å². The number of benzene rings is 3. The Hall–Kier alpha value is -3.73. The Balaban J connectivity index is 1.70. The van der Waals surface area contributed by atoms with Gasteiger partial charge < -0.3 is 4.57 Å². The Labute approximate surface area is 182 Å². The molecule has 31 heavy (non-hydrogen) atoms. The molecule has 5 nitrogen and oxygen atoms in total. The second-order valence-corrected chi connectivity index (χ2v) is 7.99. The highest BCUT2D eigenvalue weighted by molar-refractivity contribution is 5.89. The second-order valence-electron chi connectivity index (χ2n) is 7.99. The minimum absolute atomic E-state index is 0.715. The quantitative estimate of drug-likeness (QED) is 0.378. The standard InChI is InChI=1S/C26H25N5/c1-5-31-24-13-11-19(25-27-16-30(4)29-25)15-23(24)28-26(31)22-9-7-6-8-21(22)20-12-10-17(2)14-18(20)3/h6-16H,5H2,1-4H3. The molecular weight excluding hydrogens is 382 g/mol. The fourth-order valence-corrected chi connectivity index (χ4v) is 4.29. The number of fused-ring (bicyclic) bond motifs is 1. The molecule has 0 saturated carbocycles. The van der Waals surface area contributed by atoms with Gasteiger partial charge >= 0.3 is 0 Å². The predicted molar refractivity (Wildman–Crippen MR) is 126 cm³/mol. The van der Waals surface area contributed by atoms with E-state index in [2.05, 4.69) is 96.1 Å². The summed E-state index contributed by atoms with van der Waals surface area (Å²) in [5.74, 6) is 1.70. The van der Waals surface area contributed by atoms with Crippen LogP contribution in [0.3, 0.4) is 0 Å². The third kappa shape index (κ3) is 3.32. The Bertz CT molecular complexity index is 1410. The van der Waals surface area contributed by atoms with E-state index in [4.69, 9.17) is 4.98 Å². The number of aromatic nitrogens is 5. The topological polar surface area (TPSA) is 48.5 Å². The van der Waals surface area contributed by atoms with Gasteiger partial charge in [0, 0.05) is 24.7 Å². The Morgan fingerprint density at radius 2 is 1.68 bits per heavy atom. The number of imidazole rings is 1. The van der Waals surface area contributed by atoms with Gasteiger partial charge in [-0.25, -0.2) is 9.97 Å². The Morgan fingerprint density at radius 3 is 2.39 bits per heavy atom. The van der Waals surface area contributed by atoms with E-state index in [-0.39, 0.29) is 0 Å². The molecule has 0 bridgehead atoms. The first-order chi connectivity index (χ1) is 15.0. The first kappa shape index (κ1) is 19.2. The summed E-state index contributed by atoms with van der Waals surface area (Å²) in [5, 5.41) is 4.44. The molecule has 0 spiro atoms. The van der Waals surface area contributed by atoms with Crippen LogP contribution < -0.4 is 0 Å². The van der Waals surface area contributed by atoms with E-state index in [1.54, 1.807) is 11.0 Å². The van der Waals surface area contributed by atoms with Crippen molar-refractivity contribution in [1.29, 1.82) is 0 Å². The molecule has 5 aromatic rings. The van der Waals surface area contributed by atoms with Gasteiger partial charge in [-0.05, 0) is 55.7 Å². The van der Waals surface area contributed by atoms with Gasteiger partial charge in [0.2, 0.25) is 0 Å². The molecule has 2 heterocycles. The lowest BCUT2D eigenvalue weighted by molar-refractivity contribution is 0.768. The lowest BCUT2D eigenvalue weighted by Crippen LogP contribution is -1.99. The molecule has 2 aromatic heterocycles. The molecule has 0 aliphatic rings. The van der Waals surface area contributed by atoms with Crippen molar-refractivity contribution in [3.8, 4) is 33.9 Å². The smallest absolute Gasteiger partial charge is 0.181 e. The van der Waals surface area contributed by atoms with Gasteiger partial charge in [0.1, 0.15) is 12.2 Å². The largest absolute Gasteiger partial charge is 0.324 e. The number of hydrogen-bond donors (Lipinski definition) is 0. The Morgan fingerprint density at radius 1 is 0.871 bits per heavy atom. The number of hydrogen-bond acceptors (Lipinski definition) is 3. The lowest BCUT2D eigenvalue weighted by Gasteiger charge is -2.14. The summed E-state index contributed by atoms with van der Waals surface area (Å²) in [6, 6.07) is 21.5. The van der Waals surface area contributed by atoms with Crippen LogP contribution in [0, 0.1) is 13.8 Å². The highest BCUT2D eigenvalue weighted by Gasteiger charge is 2.17. The Kier molecular flexibility index (Phi) is 4.66. The van der Waals surface area contributed by atoms with E-state index in [0.29, 0.717) is 5.82 Å².